The Hall–Kier alpha value is -1.30. The summed E-state index contributed by atoms with van der Waals surface area (Å²) in [5.74, 6) is -0.800. The van der Waals surface area contributed by atoms with Gasteiger partial charge in [0, 0.05) is 19.1 Å². The predicted molar refractivity (Wildman–Crippen MR) is 80.3 cm³/mol. The number of ether oxygens (including phenoxy) is 1. The summed E-state index contributed by atoms with van der Waals surface area (Å²) in [5.41, 5.74) is -0.484. The van der Waals surface area contributed by atoms with Crippen molar-refractivity contribution in [2.75, 3.05) is 13.1 Å². The summed E-state index contributed by atoms with van der Waals surface area (Å²) in [6.07, 6.45) is 2.69. The first kappa shape index (κ1) is 17.8. The lowest BCUT2D eigenvalue weighted by Gasteiger charge is -2.34. The molecule has 1 unspecified atom stereocenters. The van der Waals surface area contributed by atoms with Gasteiger partial charge in [0.2, 0.25) is 0 Å². The first-order valence-corrected chi connectivity index (χ1v) is 7.69. The molecule has 1 aliphatic rings. The molecule has 1 amide bonds. The van der Waals surface area contributed by atoms with Crippen molar-refractivity contribution in [2.45, 2.75) is 71.1 Å². The molecule has 6 heteroatoms. The van der Waals surface area contributed by atoms with Crippen molar-refractivity contribution in [3.63, 3.8) is 0 Å². The van der Waals surface area contributed by atoms with Crippen LogP contribution in [0.25, 0.3) is 0 Å². The van der Waals surface area contributed by atoms with E-state index in [-0.39, 0.29) is 12.1 Å². The van der Waals surface area contributed by atoms with Crippen molar-refractivity contribution in [1.29, 1.82) is 0 Å². The molecule has 1 saturated heterocycles. The van der Waals surface area contributed by atoms with Crippen molar-refractivity contribution >= 4 is 12.1 Å². The number of rotatable bonds is 5. The largest absolute Gasteiger partial charge is 0.480 e. The highest BCUT2D eigenvalue weighted by molar-refractivity contribution is 5.73. The Bertz CT molecular complexity index is 357. The molecule has 0 saturated carbocycles. The van der Waals surface area contributed by atoms with Gasteiger partial charge in [0.1, 0.15) is 11.6 Å². The summed E-state index contributed by atoms with van der Waals surface area (Å²) in [5, 5.41) is 12.3. The number of nitrogens with one attached hydrogen (secondary N) is 1. The lowest BCUT2D eigenvalue weighted by atomic mass is 10.0. The number of carboxylic acid groups (broad SMARTS) is 1. The quantitative estimate of drug-likeness (QED) is 0.814. The van der Waals surface area contributed by atoms with E-state index >= 15 is 0 Å². The van der Waals surface area contributed by atoms with E-state index in [9.17, 15) is 9.59 Å². The summed E-state index contributed by atoms with van der Waals surface area (Å²) in [4.78, 5) is 24.8. The van der Waals surface area contributed by atoms with Gasteiger partial charge < -0.3 is 20.1 Å². The number of likely N-dealkylation sites (tertiary alicyclic amines) is 1. The minimum atomic E-state index is -0.800. The van der Waals surface area contributed by atoms with Crippen LogP contribution in [0.3, 0.4) is 0 Å². The Kier molecular flexibility index (Phi) is 6.45. The maximum atomic E-state index is 11.9. The van der Waals surface area contributed by atoms with Crippen LogP contribution in [0.15, 0.2) is 0 Å². The van der Waals surface area contributed by atoms with Crippen molar-refractivity contribution in [3.05, 3.63) is 0 Å². The smallest absolute Gasteiger partial charge is 0.410 e. The topological polar surface area (TPSA) is 78.9 Å². The Morgan fingerprint density at radius 2 is 1.90 bits per heavy atom. The van der Waals surface area contributed by atoms with Gasteiger partial charge in [-0.05, 0) is 40.0 Å². The first-order chi connectivity index (χ1) is 9.73. The standard InChI is InChI=1S/C15H28N2O4/c1-5-6-12(13(18)19)16-11-7-9-17(10-8-11)14(20)21-15(2,3)4/h11-12,16H,5-10H2,1-4H3,(H,18,19). The summed E-state index contributed by atoms with van der Waals surface area (Å²) in [6, 6.07) is -0.343. The van der Waals surface area contributed by atoms with Gasteiger partial charge in [0.05, 0.1) is 0 Å². The molecule has 6 nitrogen and oxygen atoms in total. The van der Waals surface area contributed by atoms with Crippen molar-refractivity contribution < 1.29 is 19.4 Å². The fraction of sp³-hybridized carbons (Fsp3) is 0.867. The zero-order valence-corrected chi connectivity index (χ0v) is 13.5. The average molecular weight is 300 g/mol. The SMILES string of the molecule is CCCC(NC1CCN(C(=O)OC(C)(C)C)CC1)C(=O)O. The van der Waals surface area contributed by atoms with Gasteiger partial charge in [-0.1, -0.05) is 13.3 Å². The normalized spacial score (nSPS) is 18.4. The number of hydrogen-bond acceptors (Lipinski definition) is 4. The molecule has 122 valence electrons. The van der Waals surface area contributed by atoms with Gasteiger partial charge in [-0.15, -0.1) is 0 Å². The molecule has 0 radical (unpaired) electrons. The van der Waals surface area contributed by atoms with Crippen LogP contribution >= 0.6 is 0 Å². The van der Waals surface area contributed by atoms with E-state index in [4.69, 9.17) is 9.84 Å². The minimum Gasteiger partial charge on any atom is -0.480 e. The van der Waals surface area contributed by atoms with Crippen LogP contribution in [0.4, 0.5) is 4.79 Å². The molecule has 0 aliphatic carbocycles. The van der Waals surface area contributed by atoms with Crippen LogP contribution in [-0.4, -0.2) is 52.8 Å². The third-order valence-corrected chi connectivity index (χ3v) is 3.46. The molecule has 1 atom stereocenters. The number of carbonyl (C=O) groups is 2. The average Bonchev–Trinajstić information content (AvgIpc) is 2.36. The van der Waals surface area contributed by atoms with Crippen LogP contribution in [0.1, 0.15) is 53.4 Å². The second-order valence-electron chi connectivity index (χ2n) is 6.59. The van der Waals surface area contributed by atoms with Gasteiger partial charge in [-0.3, -0.25) is 4.79 Å². The van der Waals surface area contributed by atoms with Gasteiger partial charge in [-0.25, -0.2) is 4.79 Å². The maximum absolute atomic E-state index is 11.9. The van der Waals surface area contributed by atoms with E-state index in [0.717, 1.165) is 19.3 Å². The van der Waals surface area contributed by atoms with Crippen LogP contribution in [-0.2, 0) is 9.53 Å². The molecule has 0 aromatic rings. The second kappa shape index (κ2) is 7.64. The zero-order chi connectivity index (χ0) is 16.0. The highest BCUT2D eigenvalue weighted by Gasteiger charge is 2.28. The van der Waals surface area contributed by atoms with E-state index in [1.54, 1.807) is 4.90 Å². The third kappa shape index (κ3) is 6.33. The first-order valence-electron chi connectivity index (χ1n) is 7.69. The molecule has 1 aliphatic heterocycles. The fourth-order valence-electron chi connectivity index (χ4n) is 2.41. The molecular formula is C15H28N2O4. The molecule has 0 aromatic heterocycles. The molecule has 0 bridgehead atoms. The number of piperidine rings is 1. The number of amides is 1. The summed E-state index contributed by atoms with van der Waals surface area (Å²) in [6.45, 7) is 8.73. The molecule has 21 heavy (non-hydrogen) atoms. The van der Waals surface area contributed by atoms with Gasteiger partial charge in [-0.2, -0.15) is 0 Å². The van der Waals surface area contributed by atoms with E-state index < -0.39 is 17.6 Å². The Morgan fingerprint density at radius 3 is 2.33 bits per heavy atom. The Labute approximate surface area is 126 Å². The van der Waals surface area contributed by atoms with Crippen LogP contribution < -0.4 is 5.32 Å². The third-order valence-electron chi connectivity index (χ3n) is 3.46. The van der Waals surface area contributed by atoms with Crippen molar-refractivity contribution in [2.24, 2.45) is 0 Å². The van der Waals surface area contributed by atoms with Crippen molar-refractivity contribution in [1.82, 2.24) is 10.2 Å². The molecular weight excluding hydrogens is 272 g/mol. The van der Waals surface area contributed by atoms with Gasteiger partial charge in [0.15, 0.2) is 0 Å². The fourth-order valence-corrected chi connectivity index (χ4v) is 2.41. The molecule has 0 aromatic carbocycles. The van der Waals surface area contributed by atoms with Gasteiger partial charge in [0.25, 0.3) is 0 Å². The predicted octanol–water partition coefficient (Wildman–Crippen LogP) is 2.23. The molecule has 1 heterocycles. The minimum absolute atomic E-state index is 0.149. The Morgan fingerprint density at radius 1 is 1.33 bits per heavy atom. The van der Waals surface area contributed by atoms with E-state index in [1.165, 1.54) is 0 Å². The number of carboxylic acids is 1. The highest BCUT2D eigenvalue weighted by atomic mass is 16.6. The monoisotopic (exact) mass is 300 g/mol. The number of aliphatic carboxylic acids is 1. The van der Waals surface area contributed by atoms with E-state index in [2.05, 4.69) is 5.32 Å². The van der Waals surface area contributed by atoms with Crippen LogP contribution in [0, 0.1) is 0 Å². The van der Waals surface area contributed by atoms with Crippen LogP contribution in [0.2, 0.25) is 0 Å². The number of carbonyl (C=O) groups excluding carboxylic acids is 1. The zero-order valence-electron chi connectivity index (χ0n) is 13.5. The van der Waals surface area contributed by atoms with Crippen LogP contribution in [0.5, 0.6) is 0 Å². The summed E-state index contributed by atoms with van der Waals surface area (Å²) < 4.78 is 5.34. The number of nitrogens with zero attached hydrogens (tertiary/aromatic N) is 1. The molecule has 1 rings (SSSR count). The molecule has 2 N–H and O–H groups in total. The van der Waals surface area contributed by atoms with E-state index in [0.29, 0.717) is 19.5 Å². The molecule has 1 fully saturated rings. The second-order valence-corrected chi connectivity index (χ2v) is 6.59. The lowest BCUT2D eigenvalue weighted by Crippen LogP contribution is -2.50. The summed E-state index contributed by atoms with van der Waals surface area (Å²) in [7, 11) is 0. The van der Waals surface area contributed by atoms with Gasteiger partial charge >= 0.3 is 12.1 Å². The Balaban J connectivity index is 2.41. The van der Waals surface area contributed by atoms with E-state index in [1.807, 2.05) is 27.7 Å². The summed E-state index contributed by atoms with van der Waals surface area (Å²) >= 11 is 0. The molecule has 0 spiro atoms. The maximum Gasteiger partial charge on any atom is 0.410 e. The highest BCUT2D eigenvalue weighted by Crippen LogP contribution is 2.16. The number of hydrogen-bond donors (Lipinski definition) is 2. The van der Waals surface area contributed by atoms with Crippen molar-refractivity contribution in [3.8, 4) is 0 Å². The lowest BCUT2D eigenvalue weighted by molar-refractivity contribution is -0.140.